The van der Waals surface area contributed by atoms with Gasteiger partial charge in [-0.25, -0.2) is 15.0 Å². The Morgan fingerprint density at radius 1 is 0.345 bits per heavy atom. The fraction of sp³-hybridized carbons (Fsp3) is 0. The summed E-state index contributed by atoms with van der Waals surface area (Å²) in [4.78, 5) is 15.0. The largest absolute Gasteiger partial charge is 0.292 e. The zero-order valence-electron chi connectivity index (χ0n) is 29.9. The molecule has 0 spiro atoms. The Morgan fingerprint density at radius 3 is 1.64 bits per heavy atom. The average molecular weight is 703 g/mol. The number of para-hydroxylation sites is 3. The highest BCUT2D eigenvalue weighted by molar-refractivity contribution is 5.99. The van der Waals surface area contributed by atoms with Gasteiger partial charge in [0.1, 0.15) is 5.82 Å². The van der Waals surface area contributed by atoms with Gasteiger partial charge in [0.15, 0.2) is 5.82 Å². The summed E-state index contributed by atoms with van der Waals surface area (Å²) in [5.74, 6) is 1.65. The summed E-state index contributed by atoms with van der Waals surface area (Å²) in [6.07, 6.45) is 0. The van der Waals surface area contributed by atoms with Crippen molar-refractivity contribution in [3.8, 4) is 73.2 Å². The minimum absolute atomic E-state index is 0.715. The van der Waals surface area contributed by atoms with Gasteiger partial charge < -0.3 is 0 Å². The van der Waals surface area contributed by atoms with Crippen LogP contribution in [-0.2, 0) is 0 Å². The van der Waals surface area contributed by atoms with Crippen LogP contribution in [0.4, 0.5) is 0 Å². The van der Waals surface area contributed by atoms with Gasteiger partial charge in [-0.3, -0.25) is 4.57 Å². The Kier molecular flexibility index (Phi) is 8.12. The quantitative estimate of drug-likeness (QED) is 0.166. The molecule has 0 N–H and O–H groups in total. The third kappa shape index (κ3) is 6.16. The zero-order valence-corrected chi connectivity index (χ0v) is 29.9. The lowest BCUT2D eigenvalue weighted by atomic mass is 9.94. The molecule has 0 saturated carbocycles. The highest BCUT2D eigenvalue weighted by atomic mass is 15.1. The maximum absolute atomic E-state index is 5.05. The van der Waals surface area contributed by atoms with Crippen molar-refractivity contribution in [2.75, 3.05) is 0 Å². The third-order valence-electron chi connectivity index (χ3n) is 10.3. The Labute approximate surface area is 319 Å². The van der Waals surface area contributed by atoms with Crippen molar-refractivity contribution in [1.82, 2.24) is 19.5 Å². The summed E-state index contributed by atoms with van der Waals surface area (Å²) >= 11 is 0. The van der Waals surface area contributed by atoms with Crippen LogP contribution in [0.2, 0.25) is 0 Å². The first-order valence-electron chi connectivity index (χ1n) is 18.5. The minimum atomic E-state index is 0.715. The number of aromatic nitrogens is 4. The molecule has 0 unspecified atom stereocenters. The van der Waals surface area contributed by atoms with Crippen molar-refractivity contribution in [3.63, 3.8) is 0 Å². The second-order valence-electron chi connectivity index (χ2n) is 13.7. The second kappa shape index (κ2) is 13.8. The normalized spacial score (nSPS) is 11.3. The van der Waals surface area contributed by atoms with Crippen LogP contribution < -0.4 is 0 Å². The van der Waals surface area contributed by atoms with E-state index in [9.17, 15) is 0 Å². The lowest BCUT2D eigenvalue weighted by Crippen LogP contribution is -1.97. The molecular weight excluding hydrogens is 669 g/mol. The standard InChI is InChI=1S/C51H34N4/c1-4-13-37(14-5-1)47-34-48(53-50(52-47)39-15-6-2-7-16-39)38-27-25-36(26-28-38)44-20-12-17-42-33-41(31-32-45(42)44)35-23-29-40(30-24-35)51-54-46-21-10-11-22-49(46)55(51)43-18-8-3-9-19-43/h1-34H. The van der Waals surface area contributed by atoms with E-state index in [1.54, 1.807) is 0 Å². The smallest absolute Gasteiger partial charge is 0.160 e. The fourth-order valence-electron chi connectivity index (χ4n) is 7.47. The van der Waals surface area contributed by atoms with Gasteiger partial charge in [-0.15, -0.1) is 0 Å². The van der Waals surface area contributed by atoms with Crippen LogP contribution in [0.1, 0.15) is 0 Å². The van der Waals surface area contributed by atoms with E-state index in [0.29, 0.717) is 5.82 Å². The molecule has 4 nitrogen and oxygen atoms in total. The molecule has 55 heavy (non-hydrogen) atoms. The van der Waals surface area contributed by atoms with E-state index in [1.165, 1.54) is 21.9 Å². The molecule has 0 aliphatic heterocycles. The van der Waals surface area contributed by atoms with E-state index in [4.69, 9.17) is 15.0 Å². The minimum Gasteiger partial charge on any atom is -0.292 e. The maximum atomic E-state index is 5.05. The second-order valence-corrected chi connectivity index (χ2v) is 13.7. The summed E-state index contributed by atoms with van der Waals surface area (Å²) in [6.45, 7) is 0. The van der Waals surface area contributed by atoms with Crippen molar-refractivity contribution in [2.24, 2.45) is 0 Å². The van der Waals surface area contributed by atoms with Crippen molar-refractivity contribution < 1.29 is 0 Å². The number of imidazole rings is 1. The molecule has 10 aromatic rings. The predicted octanol–water partition coefficient (Wildman–Crippen LogP) is 13.0. The van der Waals surface area contributed by atoms with E-state index >= 15 is 0 Å². The van der Waals surface area contributed by atoms with Crippen LogP contribution in [0.15, 0.2) is 206 Å². The summed E-state index contributed by atoms with van der Waals surface area (Å²) in [5.41, 5.74) is 13.8. The Morgan fingerprint density at radius 2 is 0.909 bits per heavy atom. The summed E-state index contributed by atoms with van der Waals surface area (Å²) in [6, 6.07) is 72.2. The molecule has 0 fully saturated rings. The summed E-state index contributed by atoms with van der Waals surface area (Å²) in [5, 5.41) is 2.41. The fourth-order valence-corrected chi connectivity index (χ4v) is 7.47. The molecule has 4 heteroatoms. The highest BCUT2D eigenvalue weighted by Gasteiger charge is 2.15. The van der Waals surface area contributed by atoms with E-state index in [-0.39, 0.29) is 0 Å². The SMILES string of the molecule is c1ccc(-c2cc(-c3ccc(-c4cccc5cc(-c6ccc(-c7nc8ccccc8n7-c7ccccc7)cc6)ccc45)cc3)nc(-c3ccccc3)n2)cc1. The molecule has 258 valence electrons. The Balaban J connectivity index is 0.961. The number of benzene rings is 8. The van der Waals surface area contributed by atoms with E-state index in [1.807, 2.05) is 48.5 Å². The van der Waals surface area contributed by atoms with Crippen LogP contribution in [0, 0.1) is 0 Å². The molecule has 0 radical (unpaired) electrons. The van der Waals surface area contributed by atoms with Gasteiger partial charge in [-0.05, 0) is 69.4 Å². The van der Waals surface area contributed by atoms with Crippen LogP contribution in [-0.4, -0.2) is 19.5 Å². The number of hydrogen-bond donors (Lipinski definition) is 0. The van der Waals surface area contributed by atoms with E-state index in [0.717, 1.165) is 67.3 Å². The van der Waals surface area contributed by atoms with Crippen LogP contribution in [0.25, 0.3) is 95.0 Å². The highest BCUT2D eigenvalue weighted by Crippen LogP contribution is 2.35. The Hall–Kier alpha value is -7.43. The molecule has 0 atom stereocenters. The van der Waals surface area contributed by atoms with Gasteiger partial charge in [0.05, 0.1) is 22.4 Å². The van der Waals surface area contributed by atoms with Crippen molar-refractivity contribution in [1.29, 1.82) is 0 Å². The Bertz CT molecular complexity index is 2880. The van der Waals surface area contributed by atoms with Gasteiger partial charge in [0.25, 0.3) is 0 Å². The summed E-state index contributed by atoms with van der Waals surface area (Å²) < 4.78 is 2.24. The molecule has 0 aliphatic carbocycles. The molecular formula is C51H34N4. The zero-order chi connectivity index (χ0) is 36.6. The lowest BCUT2D eigenvalue weighted by Gasteiger charge is -2.12. The summed E-state index contributed by atoms with van der Waals surface area (Å²) in [7, 11) is 0. The van der Waals surface area contributed by atoms with E-state index in [2.05, 4.69) is 162 Å². The molecule has 8 aromatic carbocycles. The van der Waals surface area contributed by atoms with Gasteiger partial charge >= 0.3 is 0 Å². The number of hydrogen-bond acceptors (Lipinski definition) is 3. The van der Waals surface area contributed by atoms with Crippen molar-refractivity contribution >= 4 is 21.8 Å². The number of rotatable bonds is 7. The monoisotopic (exact) mass is 702 g/mol. The molecule has 0 bridgehead atoms. The van der Waals surface area contributed by atoms with E-state index < -0.39 is 0 Å². The van der Waals surface area contributed by atoms with Gasteiger partial charge in [-0.2, -0.15) is 0 Å². The van der Waals surface area contributed by atoms with Crippen molar-refractivity contribution in [2.45, 2.75) is 0 Å². The van der Waals surface area contributed by atoms with Crippen molar-refractivity contribution in [3.05, 3.63) is 206 Å². The van der Waals surface area contributed by atoms with Crippen LogP contribution >= 0.6 is 0 Å². The molecule has 0 amide bonds. The number of fused-ring (bicyclic) bond motifs is 2. The lowest BCUT2D eigenvalue weighted by molar-refractivity contribution is 1.10. The predicted molar refractivity (Wildman–Crippen MR) is 227 cm³/mol. The first-order chi connectivity index (χ1) is 27.2. The molecule has 0 saturated heterocycles. The molecule has 2 heterocycles. The molecule has 0 aliphatic rings. The first-order valence-corrected chi connectivity index (χ1v) is 18.5. The molecule has 2 aromatic heterocycles. The van der Waals surface area contributed by atoms with Gasteiger partial charge in [0, 0.05) is 27.9 Å². The van der Waals surface area contributed by atoms with Crippen LogP contribution in [0.5, 0.6) is 0 Å². The average Bonchev–Trinajstić information content (AvgIpc) is 3.67. The first kappa shape index (κ1) is 32.2. The van der Waals surface area contributed by atoms with Gasteiger partial charge in [0.2, 0.25) is 0 Å². The molecule has 10 rings (SSSR count). The van der Waals surface area contributed by atoms with Crippen LogP contribution in [0.3, 0.4) is 0 Å². The third-order valence-corrected chi connectivity index (χ3v) is 10.3. The number of nitrogens with zero attached hydrogens (tertiary/aromatic N) is 4. The topological polar surface area (TPSA) is 43.6 Å². The maximum Gasteiger partial charge on any atom is 0.160 e. The van der Waals surface area contributed by atoms with Gasteiger partial charge in [-0.1, -0.05) is 170 Å².